The van der Waals surface area contributed by atoms with E-state index in [1.807, 2.05) is 6.92 Å². The fraction of sp³-hybridized carbons (Fsp3) is 0.636. The summed E-state index contributed by atoms with van der Waals surface area (Å²) < 4.78 is 0.916. The Hall–Kier alpha value is -0.840. The monoisotopic (exact) mass is 284 g/mol. The molecule has 2 rings (SSSR count). The van der Waals surface area contributed by atoms with Crippen molar-refractivity contribution in [3.8, 4) is 0 Å². The molecule has 0 aliphatic heterocycles. The lowest BCUT2D eigenvalue weighted by Crippen LogP contribution is -2.11. The van der Waals surface area contributed by atoms with Gasteiger partial charge in [0.15, 0.2) is 0 Å². The molecule has 1 aliphatic carbocycles. The third-order valence-electron chi connectivity index (χ3n) is 2.96. The van der Waals surface area contributed by atoms with Crippen LogP contribution in [0.3, 0.4) is 0 Å². The third kappa shape index (κ3) is 2.29. The Balaban J connectivity index is 2.12. The van der Waals surface area contributed by atoms with E-state index in [2.05, 4.69) is 50.4 Å². The standard InChI is InChI=1S/C11H17BrN4/c1-4-13-9-8(12)10(15-6-14-9)16-7-5-11(7,2)3/h6-7H,4-5H2,1-3H3,(H2,13,14,15,16). The Morgan fingerprint density at radius 3 is 2.62 bits per heavy atom. The van der Waals surface area contributed by atoms with Crippen LogP contribution in [0.15, 0.2) is 10.8 Å². The molecule has 0 radical (unpaired) electrons. The number of halogens is 1. The number of nitrogens with one attached hydrogen (secondary N) is 2. The van der Waals surface area contributed by atoms with E-state index in [4.69, 9.17) is 0 Å². The molecule has 1 aliphatic rings. The average Bonchev–Trinajstić information content (AvgIpc) is 2.81. The number of nitrogens with zero attached hydrogens (tertiary/aromatic N) is 2. The number of rotatable bonds is 4. The summed E-state index contributed by atoms with van der Waals surface area (Å²) in [5.74, 6) is 1.72. The molecule has 4 nitrogen and oxygen atoms in total. The molecule has 1 aromatic heterocycles. The summed E-state index contributed by atoms with van der Waals surface area (Å²) in [5.41, 5.74) is 0.392. The molecule has 0 amide bonds. The molecule has 1 heterocycles. The van der Waals surface area contributed by atoms with Crippen LogP contribution in [0.25, 0.3) is 0 Å². The van der Waals surface area contributed by atoms with Crippen molar-refractivity contribution in [2.75, 3.05) is 17.2 Å². The Morgan fingerprint density at radius 2 is 2.06 bits per heavy atom. The van der Waals surface area contributed by atoms with Gasteiger partial charge in [-0.3, -0.25) is 0 Å². The van der Waals surface area contributed by atoms with Crippen molar-refractivity contribution in [1.29, 1.82) is 0 Å². The van der Waals surface area contributed by atoms with Crippen molar-refractivity contribution in [1.82, 2.24) is 9.97 Å². The summed E-state index contributed by atoms with van der Waals surface area (Å²) in [6.45, 7) is 7.41. The van der Waals surface area contributed by atoms with E-state index >= 15 is 0 Å². The van der Waals surface area contributed by atoms with E-state index in [0.29, 0.717) is 11.5 Å². The van der Waals surface area contributed by atoms with Gasteiger partial charge in [-0.15, -0.1) is 0 Å². The van der Waals surface area contributed by atoms with Crippen LogP contribution in [0.1, 0.15) is 27.2 Å². The fourth-order valence-corrected chi connectivity index (χ4v) is 2.10. The molecule has 1 aromatic rings. The van der Waals surface area contributed by atoms with Crippen LogP contribution in [0.4, 0.5) is 11.6 Å². The van der Waals surface area contributed by atoms with Gasteiger partial charge in [0.05, 0.1) is 0 Å². The van der Waals surface area contributed by atoms with E-state index in [1.54, 1.807) is 6.33 Å². The number of hydrogen-bond acceptors (Lipinski definition) is 4. The van der Waals surface area contributed by atoms with Crippen molar-refractivity contribution in [3.63, 3.8) is 0 Å². The van der Waals surface area contributed by atoms with Gasteiger partial charge in [0, 0.05) is 12.6 Å². The minimum absolute atomic E-state index is 0.392. The lowest BCUT2D eigenvalue weighted by molar-refractivity contribution is 0.629. The SMILES string of the molecule is CCNc1ncnc(NC2CC2(C)C)c1Br. The summed E-state index contributed by atoms with van der Waals surface area (Å²) in [6.07, 6.45) is 2.78. The Morgan fingerprint density at radius 1 is 1.44 bits per heavy atom. The third-order valence-corrected chi connectivity index (χ3v) is 3.71. The molecule has 2 N–H and O–H groups in total. The maximum absolute atomic E-state index is 4.26. The summed E-state index contributed by atoms with van der Waals surface area (Å²) in [4.78, 5) is 8.44. The molecule has 16 heavy (non-hydrogen) atoms. The van der Waals surface area contributed by atoms with Crippen LogP contribution in [0.5, 0.6) is 0 Å². The fourth-order valence-electron chi connectivity index (χ4n) is 1.64. The summed E-state index contributed by atoms with van der Waals surface area (Å²) in [7, 11) is 0. The maximum atomic E-state index is 4.26. The normalized spacial score (nSPS) is 21.6. The van der Waals surface area contributed by atoms with Crippen molar-refractivity contribution in [3.05, 3.63) is 10.8 Å². The van der Waals surface area contributed by atoms with Crippen molar-refractivity contribution in [2.24, 2.45) is 5.41 Å². The van der Waals surface area contributed by atoms with E-state index < -0.39 is 0 Å². The van der Waals surface area contributed by atoms with E-state index in [-0.39, 0.29) is 0 Å². The van der Waals surface area contributed by atoms with Crippen molar-refractivity contribution < 1.29 is 0 Å². The largest absolute Gasteiger partial charge is 0.369 e. The quantitative estimate of drug-likeness (QED) is 0.893. The zero-order valence-corrected chi connectivity index (χ0v) is 11.4. The van der Waals surface area contributed by atoms with Gasteiger partial charge >= 0.3 is 0 Å². The maximum Gasteiger partial charge on any atom is 0.146 e. The second-order valence-electron chi connectivity index (χ2n) is 4.80. The van der Waals surface area contributed by atoms with Gasteiger partial charge in [-0.1, -0.05) is 13.8 Å². The molecule has 1 atom stereocenters. The highest BCUT2D eigenvalue weighted by Gasteiger charge is 2.46. The van der Waals surface area contributed by atoms with Gasteiger partial charge in [-0.2, -0.15) is 0 Å². The van der Waals surface area contributed by atoms with E-state index in [1.165, 1.54) is 6.42 Å². The summed E-state index contributed by atoms with van der Waals surface area (Å²) in [6, 6.07) is 0.521. The Kier molecular flexibility index (Phi) is 3.06. The summed E-state index contributed by atoms with van der Waals surface area (Å²) in [5, 5.41) is 6.63. The molecular formula is C11H17BrN4. The average molecular weight is 285 g/mol. The van der Waals surface area contributed by atoms with Gasteiger partial charge in [0.25, 0.3) is 0 Å². The lowest BCUT2D eigenvalue weighted by Gasteiger charge is -2.11. The molecule has 0 bridgehead atoms. The highest BCUT2D eigenvalue weighted by Crippen LogP contribution is 2.47. The lowest BCUT2D eigenvalue weighted by atomic mass is 10.2. The minimum Gasteiger partial charge on any atom is -0.369 e. The number of anilines is 2. The topological polar surface area (TPSA) is 49.8 Å². The van der Waals surface area contributed by atoms with E-state index in [9.17, 15) is 0 Å². The van der Waals surface area contributed by atoms with Crippen LogP contribution >= 0.6 is 15.9 Å². The minimum atomic E-state index is 0.392. The first kappa shape index (κ1) is 11.6. The van der Waals surface area contributed by atoms with Crippen LogP contribution in [0.2, 0.25) is 0 Å². The second-order valence-corrected chi connectivity index (χ2v) is 5.60. The van der Waals surface area contributed by atoms with Gasteiger partial charge in [0.2, 0.25) is 0 Å². The number of aromatic nitrogens is 2. The summed E-state index contributed by atoms with van der Waals surface area (Å²) >= 11 is 3.53. The molecule has 88 valence electrons. The van der Waals surface area contributed by atoms with Crippen LogP contribution in [-0.2, 0) is 0 Å². The first-order valence-electron chi connectivity index (χ1n) is 5.55. The molecule has 0 aromatic carbocycles. The molecule has 5 heteroatoms. The molecule has 0 spiro atoms. The second kappa shape index (κ2) is 4.20. The van der Waals surface area contributed by atoms with Crippen LogP contribution in [0, 0.1) is 5.41 Å². The Labute approximate surface area is 104 Å². The molecule has 0 saturated heterocycles. The van der Waals surface area contributed by atoms with Crippen LogP contribution in [-0.4, -0.2) is 22.6 Å². The first-order chi connectivity index (χ1) is 7.54. The van der Waals surface area contributed by atoms with Gasteiger partial charge in [-0.05, 0) is 34.7 Å². The first-order valence-corrected chi connectivity index (χ1v) is 6.35. The highest BCUT2D eigenvalue weighted by molar-refractivity contribution is 9.10. The van der Waals surface area contributed by atoms with Crippen LogP contribution < -0.4 is 10.6 Å². The van der Waals surface area contributed by atoms with Crippen molar-refractivity contribution >= 4 is 27.6 Å². The predicted molar refractivity (Wildman–Crippen MR) is 69.7 cm³/mol. The smallest absolute Gasteiger partial charge is 0.146 e. The van der Waals surface area contributed by atoms with Gasteiger partial charge in [0.1, 0.15) is 22.4 Å². The molecule has 1 fully saturated rings. The molecule has 1 unspecified atom stereocenters. The molecule has 1 saturated carbocycles. The van der Waals surface area contributed by atoms with Crippen molar-refractivity contribution in [2.45, 2.75) is 33.2 Å². The van der Waals surface area contributed by atoms with Gasteiger partial charge < -0.3 is 10.6 Å². The zero-order valence-electron chi connectivity index (χ0n) is 9.84. The van der Waals surface area contributed by atoms with E-state index in [0.717, 1.165) is 22.7 Å². The number of hydrogen-bond donors (Lipinski definition) is 2. The van der Waals surface area contributed by atoms with Gasteiger partial charge in [-0.25, -0.2) is 9.97 Å². The predicted octanol–water partition coefficient (Wildman–Crippen LogP) is 2.88. The highest BCUT2D eigenvalue weighted by atomic mass is 79.9. The zero-order chi connectivity index (χ0) is 11.8. The Bertz CT molecular complexity index is 392. The molecular weight excluding hydrogens is 268 g/mol.